The quantitative estimate of drug-likeness (QED) is 0.0839. The van der Waals surface area contributed by atoms with Gasteiger partial charge in [0.2, 0.25) is 23.6 Å². The topological polar surface area (TPSA) is 213 Å². The fourth-order valence-electron chi connectivity index (χ4n) is 5.64. The van der Waals surface area contributed by atoms with E-state index in [2.05, 4.69) is 31.9 Å². The largest absolute Gasteiger partial charge is 0.490 e. The number of hydrogen-bond acceptors (Lipinski definition) is 7. The first-order valence-corrected chi connectivity index (χ1v) is 18.7. The number of nitrogens with one attached hydrogen (secondary N) is 3. The van der Waals surface area contributed by atoms with Crippen LogP contribution in [0.3, 0.4) is 0 Å². The Balaban J connectivity index is 0.00000151. The molecule has 1 heterocycles. The fraction of sp³-hybridized carbons (Fsp3) is 0.421. The van der Waals surface area contributed by atoms with Crippen LogP contribution in [0, 0.1) is 17.0 Å². The van der Waals surface area contributed by atoms with Gasteiger partial charge in [-0.1, -0.05) is 67.0 Å². The van der Waals surface area contributed by atoms with Crippen LogP contribution in [-0.4, -0.2) is 98.5 Å². The lowest BCUT2D eigenvalue weighted by Crippen LogP contribution is -2.53. The maximum Gasteiger partial charge on any atom is 0.490 e. The van der Waals surface area contributed by atoms with Crippen LogP contribution in [0.1, 0.15) is 57.8 Å². The van der Waals surface area contributed by atoms with Gasteiger partial charge in [0, 0.05) is 62.5 Å². The average Bonchev–Trinajstić information content (AvgIpc) is 3.53. The SMILES string of the molecule is CC(=O)N(CCC(N)C(=O)NC(CNC(=O)CCNC(=O)CBr)C(=O)O)C(c1cc(-c2cc(F)ccc2F)cn1Cc1ccccc1)C(C)(C)C.O=C(O)C(F)(F)F. The van der Waals surface area contributed by atoms with Gasteiger partial charge in [-0.2, -0.15) is 13.2 Å². The molecule has 7 N–H and O–H groups in total. The number of carbonyl (C=O) groups excluding carboxylic acids is 4. The Morgan fingerprint density at radius 3 is 2.09 bits per heavy atom. The van der Waals surface area contributed by atoms with Gasteiger partial charge >= 0.3 is 18.1 Å². The molecule has 14 nitrogen and oxygen atoms in total. The number of nitrogens with two attached hydrogens (primary N) is 1. The lowest BCUT2D eigenvalue weighted by atomic mass is 9.82. The molecule has 3 atom stereocenters. The summed E-state index contributed by atoms with van der Waals surface area (Å²) in [6.45, 7) is 7.19. The van der Waals surface area contributed by atoms with Gasteiger partial charge < -0.3 is 41.4 Å². The first-order valence-electron chi connectivity index (χ1n) is 17.6. The lowest BCUT2D eigenvalue weighted by Gasteiger charge is -2.41. The summed E-state index contributed by atoms with van der Waals surface area (Å²) in [5, 5.41) is 24.1. The maximum atomic E-state index is 15.0. The van der Waals surface area contributed by atoms with Crippen LogP contribution in [0.2, 0.25) is 0 Å². The molecule has 1 aromatic heterocycles. The molecule has 58 heavy (non-hydrogen) atoms. The zero-order chi connectivity index (χ0) is 44.0. The monoisotopic (exact) mass is 888 g/mol. The van der Waals surface area contributed by atoms with Crippen LogP contribution in [0.5, 0.6) is 0 Å². The zero-order valence-electron chi connectivity index (χ0n) is 32.0. The van der Waals surface area contributed by atoms with Crippen LogP contribution in [0.15, 0.2) is 60.8 Å². The van der Waals surface area contributed by atoms with E-state index in [1.807, 2.05) is 55.7 Å². The average molecular weight is 890 g/mol. The van der Waals surface area contributed by atoms with Crippen LogP contribution in [-0.2, 0) is 35.3 Å². The van der Waals surface area contributed by atoms with E-state index in [1.54, 1.807) is 17.2 Å². The molecule has 318 valence electrons. The summed E-state index contributed by atoms with van der Waals surface area (Å²) in [5.41, 5.74) is 7.67. The minimum Gasteiger partial charge on any atom is -0.480 e. The molecule has 0 aliphatic heterocycles. The third-order valence-corrected chi connectivity index (χ3v) is 8.86. The van der Waals surface area contributed by atoms with Gasteiger partial charge in [0.15, 0.2) is 0 Å². The summed E-state index contributed by atoms with van der Waals surface area (Å²) in [7, 11) is 0. The highest BCUT2D eigenvalue weighted by atomic mass is 79.9. The normalized spacial score (nSPS) is 12.9. The highest BCUT2D eigenvalue weighted by Crippen LogP contribution is 2.41. The number of halogens is 6. The number of nitrogens with zero attached hydrogens (tertiary/aromatic N) is 2. The molecule has 0 aliphatic rings. The summed E-state index contributed by atoms with van der Waals surface area (Å²) < 4.78 is 62.9. The summed E-state index contributed by atoms with van der Waals surface area (Å²) in [6, 6.07) is 11.1. The molecule has 3 unspecified atom stereocenters. The van der Waals surface area contributed by atoms with Crippen molar-refractivity contribution in [3.63, 3.8) is 0 Å². The molecule has 0 spiro atoms. The van der Waals surface area contributed by atoms with E-state index >= 15 is 0 Å². The van der Waals surface area contributed by atoms with E-state index in [9.17, 15) is 51.0 Å². The van der Waals surface area contributed by atoms with E-state index in [0.29, 0.717) is 17.8 Å². The van der Waals surface area contributed by atoms with E-state index in [-0.39, 0.29) is 48.6 Å². The predicted octanol–water partition coefficient (Wildman–Crippen LogP) is 4.35. The van der Waals surface area contributed by atoms with Crippen molar-refractivity contribution in [3.05, 3.63) is 83.7 Å². The smallest absolute Gasteiger partial charge is 0.480 e. The second-order valence-corrected chi connectivity index (χ2v) is 14.6. The number of alkyl halides is 4. The number of aliphatic carboxylic acids is 2. The molecule has 20 heteroatoms. The second-order valence-electron chi connectivity index (χ2n) is 14.0. The molecule has 4 amide bonds. The Hall–Kier alpha value is -5.37. The Morgan fingerprint density at radius 2 is 1.55 bits per heavy atom. The maximum absolute atomic E-state index is 15.0. The predicted molar refractivity (Wildman–Crippen MR) is 205 cm³/mol. The number of hydrogen-bond donors (Lipinski definition) is 6. The van der Waals surface area contributed by atoms with Crippen LogP contribution < -0.4 is 21.7 Å². The van der Waals surface area contributed by atoms with E-state index in [1.165, 1.54) is 6.92 Å². The Labute approximate surface area is 339 Å². The third kappa shape index (κ3) is 15.5. The molecule has 2 aromatic carbocycles. The van der Waals surface area contributed by atoms with Crippen molar-refractivity contribution >= 4 is 51.5 Å². The molecular formula is C38H46BrF5N6O8. The number of carbonyl (C=O) groups is 6. The van der Waals surface area contributed by atoms with Gasteiger partial charge in [-0.3, -0.25) is 19.2 Å². The Bertz CT molecular complexity index is 1910. The van der Waals surface area contributed by atoms with Gasteiger partial charge in [0.25, 0.3) is 0 Å². The molecule has 3 rings (SSSR count). The minimum absolute atomic E-state index is 0.000622. The molecular weight excluding hydrogens is 843 g/mol. The van der Waals surface area contributed by atoms with Crippen molar-refractivity contribution in [1.29, 1.82) is 0 Å². The second kappa shape index (κ2) is 22.0. The Morgan fingerprint density at radius 1 is 0.931 bits per heavy atom. The summed E-state index contributed by atoms with van der Waals surface area (Å²) in [5.74, 6) is -7.32. The first-order chi connectivity index (χ1) is 27.0. The first kappa shape index (κ1) is 48.8. The van der Waals surface area contributed by atoms with Crippen molar-refractivity contribution in [2.24, 2.45) is 11.1 Å². The third-order valence-electron chi connectivity index (χ3n) is 8.36. The number of amides is 4. The standard InChI is InChI=1S/C36H45BrF2N6O6.C2HF3O2/c1-22(46)45(15-13-28(40)34(49)43-29(35(50)51)19-42-31(47)12-14-41-32(48)18-37)33(36(2,3)4)30-16-24(26-17-25(38)10-11-27(26)39)21-44(30)20-23-8-6-5-7-9-23;3-2(4,5)1(6)7/h5-11,16-17,21,28-29,33H,12-15,18-20,40H2,1-4H3,(H,41,48)(H,42,47)(H,43,49)(H,50,51);(H,6,7). The highest BCUT2D eigenvalue weighted by molar-refractivity contribution is 9.09. The van der Waals surface area contributed by atoms with Gasteiger partial charge in [-0.15, -0.1) is 0 Å². The molecule has 0 saturated heterocycles. The van der Waals surface area contributed by atoms with E-state index in [4.69, 9.17) is 15.6 Å². The van der Waals surface area contributed by atoms with Crippen LogP contribution in [0.25, 0.3) is 11.1 Å². The van der Waals surface area contributed by atoms with E-state index < -0.39 is 71.6 Å². The van der Waals surface area contributed by atoms with Crippen LogP contribution in [0.4, 0.5) is 22.0 Å². The molecule has 0 fully saturated rings. The molecule has 0 saturated carbocycles. The molecule has 0 aliphatic carbocycles. The summed E-state index contributed by atoms with van der Waals surface area (Å²) in [6.07, 6.45) is -3.50. The number of benzene rings is 2. The van der Waals surface area contributed by atoms with Gasteiger partial charge in [0.1, 0.15) is 17.7 Å². The molecule has 0 bridgehead atoms. The minimum atomic E-state index is -5.08. The van der Waals surface area contributed by atoms with Crippen molar-refractivity contribution in [2.45, 2.75) is 71.4 Å². The molecule has 3 aromatic rings. The van der Waals surface area contributed by atoms with Crippen molar-refractivity contribution in [2.75, 3.05) is 25.0 Å². The number of carboxylic acid groups (broad SMARTS) is 2. The number of carboxylic acids is 2. The van der Waals surface area contributed by atoms with Crippen molar-refractivity contribution in [3.8, 4) is 11.1 Å². The van der Waals surface area contributed by atoms with Gasteiger partial charge in [-0.05, 0) is 41.7 Å². The zero-order valence-corrected chi connectivity index (χ0v) is 33.6. The highest BCUT2D eigenvalue weighted by Gasteiger charge is 2.38. The molecule has 0 radical (unpaired) electrons. The summed E-state index contributed by atoms with van der Waals surface area (Å²) in [4.78, 5) is 72.1. The number of rotatable bonds is 17. The van der Waals surface area contributed by atoms with Crippen LogP contribution >= 0.6 is 15.9 Å². The number of aromatic nitrogens is 1. The summed E-state index contributed by atoms with van der Waals surface area (Å²) >= 11 is 2.99. The van der Waals surface area contributed by atoms with Gasteiger partial charge in [-0.25, -0.2) is 18.4 Å². The fourth-order valence-corrected chi connectivity index (χ4v) is 5.83. The van der Waals surface area contributed by atoms with Gasteiger partial charge in [0.05, 0.1) is 17.4 Å². The lowest BCUT2D eigenvalue weighted by molar-refractivity contribution is -0.192. The van der Waals surface area contributed by atoms with E-state index in [0.717, 1.165) is 23.8 Å². The van der Waals surface area contributed by atoms with Crippen molar-refractivity contribution in [1.82, 2.24) is 25.4 Å². The Kier molecular flexibility index (Phi) is 18.5. The van der Waals surface area contributed by atoms with Crippen molar-refractivity contribution < 1.29 is 60.9 Å².